The van der Waals surface area contributed by atoms with Gasteiger partial charge in [0, 0.05) is 17.6 Å². The van der Waals surface area contributed by atoms with Crippen LogP contribution in [0, 0.1) is 0 Å². The van der Waals surface area contributed by atoms with Crippen LogP contribution in [0.1, 0.15) is 13.3 Å². The minimum absolute atomic E-state index is 0.00385. The summed E-state index contributed by atoms with van der Waals surface area (Å²) in [6.07, 6.45) is 2.37. The summed E-state index contributed by atoms with van der Waals surface area (Å²) in [5.41, 5.74) is 0. The van der Waals surface area contributed by atoms with Crippen LogP contribution in [0.4, 0.5) is 0 Å². The smallest absolute Gasteiger partial charge is 0.260 e. The molecule has 0 spiro atoms. The molecule has 0 amide bonds. The molecule has 0 saturated carbocycles. The second-order valence-electron chi connectivity index (χ2n) is 4.88. The predicted octanol–water partition coefficient (Wildman–Crippen LogP) is 1.67. The standard InChI is InChI=1S/C11H17ClN4O2S2/c1-8(4-5-15(2)3)14-20(17,18)10-9(12)13-11-16(10)6-7-19-11/h6-8,14H,4-5H2,1-3H3. The first-order chi connectivity index (χ1) is 9.31. The van der Waals surface area contributed by atoms with Gasteiger partial charge in [0.25, 0.3) is 10.0 Å². The van der Waals surface area contributed by atoms with Crippen LogP contribution in [0.2, 0.25) is 5.15 Å². The molecule has 0 fully saturated rings. The molecular weight excluding hydrogens is 320 g/mol. The molecule has 112 valence electrons. The van der Waals surface area contributed by atoms with Gasteiger partial charge in [-0.2, -0.15) is 0 Å². The molecule has 2 aromatic heterocycles. The molecule has 0 bridgehead atoms. The first kappa shape index (κ1) is 15.7. The van der Waals surface area contributed by atoms with E-state index in [0.717, 1.165) is 13.0 Å². The van der Waals surface area contributed by atoms with Gasteiger partial charge < -0.3 is 4.90 Å². The van der Waals surface area contributed by atoms with E-state index in [1.54, 1.807) is 11.6 Å². The first-order valence-electron chi connectivity index (χ1n) is 6.09. The number of hydrogen-bond acceptors (Lipinski definition) is 5. The molecule has 20 heavy (non-hydrogen) atoms. The first-order valence-corrected chi connectivity index (χ1v) is 8.83. The summed E-state index contributed by atoms with van der Waals surface area (Å²) in [5.74, 6) is 0. The van der Waals surface area contributed by atoms with Crippen LogP contribution in [0.5, 0.6) is 0 Å². The highest BCUT2D eigenvalue weighted by atomic mass is 35.5. The van der Waals surface area contributed by atoms with Gasteiger partial charge in [-0.3, -0.25) is 4.40 Å². The maximum atomic E-state index is 12.4. The minimum Gasteiger partial charge on any atom is -0.309 e. The Hall–Kier alpha value is -0.670. The molecule has 2 heterocycles. The molecule has 0 saturated heterocycles. The van der Waals surface area contributed by atoms with Crippen LogP contribution in [0.3, 0.4) is 0 Å². The molecule has 0 aliphatic carbocycles. The fraction of sp³-hybridized carbons (Fsp3) is 0.545. The van der Waals surface area contributed by atoms with Crippen LogP contribution >= 0.6 is 22.9 Å². The maximum Gasteiger partial charge on any atom is 0.260 e. The number of hydrogen-bond donors (Lipinski definition) is 1. The highest BCUT2D eigenvalue weighted by molar-refractivity contribution is 7.89. The Morgan fingerprint density at radius 3 is 2.90 bits per heavy atom. The average molecular weight is 337 g/mol. The molecule has 1 unspecified atom stereocenters. The third-order valence-electron chi connectivity index (χ3n) is 2.80. The molecule has 6 nitrogen and oxygen atoms in total. The predicted molar refractivity (Wildman–Crippen MR) is 81.0 cm³/mol. The van der Waals surface area contributed by atoms with Crippen molar-refractivity contribution in [3.05, 3.63) is 16.7 Å². The molecule has 0 aliphatic rings. The average Bonchev–Trinajstić information content (AvgIpc) is 2.84. The van der Waals surface area contributed by atoms with Gasteiger partial charge in [-0.25, -0.2) is 18.1 Å². The van der Waals surface area contributed by atoms with Gasteiger partial charge in [-0.1, -0.05) is 11.6 Å². The van der Waals surface area contributed by atoms with Crippen molar-refractivity contribution >= 4 is 37.9 Å². The number of fused-ring (bicyclic) bond motifs is 1. The van der Waals surface area contributed by atoms with Gasteiger partial charge in [-0.15, -0.1) is 11.3 Å². The Kier molecular flexibility index (Phi) is 4.70. The van der Waals surface area contributed by atoms with E-state index in [-0.39, 0.29) is 16.2 Å². The molecule has 0 radical (unpaired) electrons. The van der Waals surface area contributed by atoms with E-state index in [1.807, 2.05) is 25.9 Å². The summed E-state index contributed by atoms with van der Waals surface area (Å²) in [6.45, 7) is 2.64. The van der Waals surface area contributed by atoms with Gasteiger partial charge in [-0.05, 0) is 34.0 Å². The Balaban J connectivity index is 2.22. The number of nitrogens with one attached hydrogen (secondary N) is 1. The van der Waals surface area contributed by atoms with Crippen LogP contribution in [-0.2, 0) is 10.0 Å². The van der Waals surface area contributed by atoms with Crippen molar-refractivity contribution in [1.29, 1.82) is 0 Å². The molecule has 9 heteroatoms. The third kappa shape index (κ3) is 3.32. The SMILES string of the molecule is CC(CCN(C)C)NS(=O)(=O)c1c(Cl)nc2sccn12. The lowest BCUT2D eigenvalue weighted by Crippen LogP contribution is -2.35. The molecule has 1 atom stereocenters. The normalized spacial score (nSPS) is 14.2. The second-order valence-corrected chi connectivity index (χ2v) is 7.74. The fourth-order valence-corrected chi connectivity index (χ4v) is 4.54. The number of rotatable bonds is 6. The zero-order valence-electron chi connectivity index (χ0n) is 11.5. The number of thiazole rings is 1. The van der Waals surface area contributed by atoms with Gasteiger partial charge >= 0.3 is 0 Å². The number of imidazole rings is 1. The summed E-state index contributed by atoms with van der Waals surface area (Å²) in [5, 5.41) is 1.78. The summed E-state index contributed by atoms with van der Waals surface area (Å²) in [7, 11) is 0.212. The van der Waals surface area contributed by atoms with Crippen molar-refractivity contribution in [2.45, 2.75) is 24.4 Å². The van der Waals surface area contributed by atoms with E-state index in [9.17, 15) is 8.42 Å². The van der Waals surface area contributed by atoms with Crippen molar-refractivity contribution in [3.8, 4) is 0 Å². The zero-order valence-corrected chi connectivity index (χ0v) is 13.9. The van der Waals surface area contributed by atoms with Crippen LogP contribution in [0.15, 0.2) is 16.6 Å². The fourth-order valence-electron chi connectivity index (χ4n) is 1.81. The summed E-state index contributed by atoms with van der Waals surface area (Å²) in [4.78, 5) is 6.61. The Bertz CT molecular complexity index is 692. The molecule has 0 aromatic carbocycles. The Labute approximate surface area is 127 Å². The minimum atomic E-state index is -3.68. The van der Waals surface area contributed by atoms with E-state index in [1.165, 1.54) is 15.7 Å². The van der Waals surface area contributed by atoms with Crippen molar-refractivity contribution in [2.24, 2.45) is 0 Å². The van der Waals surface area contributed by atoms with E-state index in [4.69, 9.17) is 11.6 Å². The third-order valence-corrected chi connectivity index (χ3v) is 5.54. The van der Waals surface area contributed by atoms with Gasteiger partial charge in [0.1, 0.15) is 0 Å². The largest absolute Gasteiger partial charge is 0.309 e. The van der Waals surface area contributed by atoms with Crippen molar-refractivity contribution in [3.63, 3.8) is 0 Å². The molecular formula is C11H17ClN4O2S2. The van der Waals surface area contributed by atoms with Gasteiger partial charge in [0.15, 0.2) is 15.1 Å². The van der Waals surface area contributed by atoms with Gasteiger partial charge in [0.2, 0.25) is 0 Å². The molecule has 1 N–H and O–H groups in total. The maximum absolute atomic E-state index is 12.4. The summed E-state index contributed by atoms with van der Waals surface area (Å²) >= 11 is 7.29. The van der Waals surface area contributed by atoms with Crippen LogP contribution in [0.25, 0.3) is 4.96 Å². The summed E-state index contributed by atoms with van der Waals surface area (Å²) < 4.78 is 29.0. The number of aromatic nitrogens is 2. The van der Waals surface area contributed by atoms with Crippen molar-refractivity contribution in [1.82, 2.24) is 19.0 Å². The quantitative estimate of drug-likeness (QED) is 0.871. The summed E-state index contributed by atoms with van der Waals surface area (Å²) in [6, 6.07) is -0.178. The van der Waals surface area contributed by atoms with E-state index >= 15 is 0 Å². The molecule has 2 rings (SSSR count). The van der Waals surface area contributed by atoms with Crippen LogP contribution < -0.4 is 4.72 Å². The highest BCUT2D eigenvalue weighted by Crippen LogP contribution is 2.25. The Morgan fingerprint density at radius 2 is 2.25 bits per heavy atom. The monoisotopic (exact) mass is 336 g/mol. The van der Waals surface area contributed by atoms with Crippen molar-refractivity contribution in [2.75, 3.05) is 20.6 Å². The van der Waals surface area contributed by atoms with Crippen molar-refractivity contribution < 1.29 is 8.42 Å². The number of halogens is 1. The lowest BCUT2D eigenvalue weighted by Gasteiger charge is -2.16. The van der Waals surface area contributed by atoms with Crippen LogP contribution in [-0.4, -0.2) is 49.4 Å². The van der Waals surface area contributed by atoms with E-state index < -0.39 is 10.0 Å². The second kappa shape index (κ2) is 5.98. The molecule has 0 aliphatic heterocycles. The lowest BCUT2D eigenvalue weighted by atomic mass is 10.2. The molecule has 2 aromatic rings. The number of nitrogens with zero attached hydrogens (tertiary/aromatic N) is 3. The highest BCUT2D eigenvalue weighted by Gasteiger charge is 2.26. The zero-order chi connectivity index (χ0) is 14.9. The lowest BCUT2D eigenvalue weighted by molar-refractivity contribution is 0.379. The Morgan fingerprint density at radius 1 is 1.55 bits per heavy atom. The van der Waals surface area contributed by atoms with E-state index in [2.05, 4.69) is 9.71 Å². The number of sulfonamides is 1. The van der Waals surface area contributed by atoms with Gasteiger partial charge in [0.05, 0.1) is 0 Å². The topological polar surface area (TPSA) is 66.7 Å². The van der Waals surface area contributed by atoms with E-state index in [0.29, 0.717) is 4.96 Å².